The van der Waals surface area contributed by atoms with E-state index in [1.165, 1.54) is 14.2 Å². The first-order chi connectivity index (χ1) is 9.10. The maximum Gasteiger partial charge on any atom is 0.384 e. The highest BCUT2D eigenvalue weighted by Crippen LogP contribution is 2.26. The molecule has 5 nitrogen and oxygen atoms in total. The van der Waals surface area contributed by atoms with E-state index in [9.17, 15) is 9.90 Å². The molecular formula is C14H16O5. The third-order valence-electron chi connectivity index (χ3n) is 2.28. The van der Waals surface area contributed by atoms with Crippen molar-refractivity contribution in [3.63, 3.8) is 0 Å². The molecule has 1 aromatic rings. The second-order valence-electron chi connectivity index (χ2n) is 3.54. The molecule has 0 amide bonds. The van der Waals surface area contributed by atoms with Gasteiger partial charge in [-0.25, -0.2) is 4.79 Å². The summed E-state index contributed by atoms with van der Waals surface area (Å²) in [6.45, 7) is 1.93. The van der Waals surface area contributed by atoms with Crippen molar-refractivity contribution in [2.75, 3.05) is 20.8 Å². The number of rotatable bonds is 4. The van der Waals surface area contributed by atoms with Gasteiger partial charge in [-0.3, -0.25) is 0 Å². The number of aliphatic hydroxyl groups excluding tert-OH is 1. The van der Waals surface area contributed by atoms with Crippen LogP contribution in [0.3, 0.4) is 0 Å². The number of benzene rings is 1. The lowest BCUT2D eigenvalue weighted by Crippen LogP contribution is -2.02. The summed E-state index contributed by atoms with van der Waals surface area (Å²) in [5.74, 6) is 5.02. The molecule has 1 aromatic carbocycles. The number of carbonyl (C=O) groups excluding carboxylic acids is 1. The van der Waals surface area contributed by atoms with Crippen LogP contribution in [-0.2, 0) is 9.53 Å². The highest BCUT2D eigenvalue weighted by molar-refractivity contribution is 5.88. The molecule has 1 N–H and O–H groups in total. The molecule has 0 bridgehead atoms. The molecule has 1 rings (SSSR count). The minimum absolute atomic E-state index is 0.247. The molecule has 5 heteroatoms. The SMILES string of the molecule is CCOC(=O)C#CC(O)c1cc(OC)cc(OC)c1. The minimum Gasteiger partial charge on any atom is -0.497 e. The fourth-order valence-corrected chi connectivity index (χ4v) is 1.37. The smallest absolute Gasteiger partial charge is 0.384 e. The molecule has 0 saturated heterocycles. The lowest BCUT2D eigenvalue weighted by atomic mass is 10.1. The molecule has 1 unspecified atom stereocenters. The predicted octanol–water partition coefficient (Wildman–Crippen LogP) is 1.30. The largest absolute Gasteiger partial charge is 0.497 e. The topological polar surface area (TPSA) is 65.0 Å². The minimum atomic E-state index is -1.12. The Bertz CT molecular complexity index is 476. The zero-order chi connectivity index (χ0) is 14.3. The maximum atomic E-state index is 11.1. The summed E-state index contributed by atoms with van der Waals surface area (Å²) >= 11 is 0. The summed E-state index contributed by atoms with van der Waals surface area (Å²) in [7, 11) is 3.02. The first-order valence-corrected chi connectivity index (χ1v) is 5.70. The van der Waals surface area contributed by atoms with E-state index in [0.29, 0.717) is 17.1 Å². The van der Waals surface area contributed by atoms with Crippen LogP contribution in [-0.4, -0.2) is 31.9 Å². The molecule has 0 spiro atoms. The van der Waals surface area contributed by atoms with E-state index in [0.717, 1.165) is 0 Å². The van der Waals surface area contributed by atoms with E-state index < -0.39 is 12.1 Å². The summed E-state index contributed by atoms with van der Waals surface area (Å²) in [6.07, 6.45) is -1.12. The average molecular weight is 264 g/mol. The lowest BCUT2D eigenvalue weighted by molar-refractivity contribution is -0.136. The van der Waals surface area contributed by atoms with Gasteiger partial charge in [0.05, 0.1) is 20.8 Å². The van der Waals surface area contributed by atoms with Crippen LogP contribution in [0.1, 0.15) is 18.6 Å². The van der Waals surface area contributed by atoms with Crippen molar-refractivity contribution in [3.8, 4) is 23.3 Å². The van der Waals surface area contributed by atoms with Crippen LogP contribution in [0.4, 0.5) is 0 Å². The van der Waals surface area contributed by atoms with Crippen molar-refractivity contribution < 1.29 is 24.1 Å². The Morgan fingerprint density at radius 2 is 1.84 bits per heavy atom. The van der Waals surface area contributed by atoms with Crippen LogP contribution >= 0.6 is 0 Å². The fourth-order valence-electron chi connectivity index (χ4n) is 1.37. The van der Waals surface area contributed by atoms with Gasteiger partial charge in [0, 0.05) is 12.0 Å². The van der Waals surface area contributed by atoms with E-state index >= 15 is 0 Å². The van der Waals surface area contributed by atoms with E-state index in [2.05, 4.69) is 16.6 Å². The summed E-state index contributed by atoms with van der Waals surface area (Å²) in [6, 6.07) is 4.91. The van der Waals surface area contributed by atoms with Crippen molar-refractivity contribution in [1.82, 2.24) is 0 Å². The average Bonchev–Trinajstić information content (AvgIpc) is 2.44. The normalized spacial score (nSPS) is 10.9. The number of methoxy groups -OCH3 is 2. The molecule has 102 valence electrons. The van der Waals surface area contributed by atoms with Gasteiger partial charge in [-0.05, 0) is 24.6 Å². The van der Waals surface area contributed by atoms with Gasteiger partial charge in [0.2, 0.25) is 0 Å². The molecule has 0 aliphatic carbocycles. The summed E-state index contributed by atoms with van der Waals surface area (Å²) < 4.78 is 14.8. The molecule has 0 aliphatic heterocycles. The number of carbonyl (C=O) groups is 1. The fraction of sp³-hybridized carbons (Fsp3) is 0.357. The summed E-state index contributed by atoms with van der Waals surface area (Å²) in [4.78, 5) is 11.1. The van der Waals surface area contributed by atoms with Crippen molar-refractivity contribution in [2.24, 2.45) is 0 Å². The first kappa shape index (κ1) is 14.9. The second-order valence-corrected chi connectivity index (χ2v) is 3.54. The number of aliphatic hydroxyl groups is 1. The number of ether oxygens (including phenoxy) is 3. The highest BCUT2D eigenvalue weighted by Gasteiger charge is 2.09. The van der Waals surface area contributed by atoms with Crippen LogP contribution < -0.4 is 9.47 Å². The van der Waals surface area contributed by atoms with E-state index in [-0.39, 0.29) is 6.61 Å². The van der Waals surface area contributed by atoms with E-state index in [1.807, 2.05) is 0 Å². The van der Waals surface area contributed by atoms with E-state index in [1.54, 1.807) is 25.1 Å². The van der Waals surface area contributed by atoms with Crippen LogP contribution in [0.15, 0.2) is 18.2 Å². The summed E-state index contributed by atoms with van der Waals surface area (Å²) in [5, 5.41) is 9.89. The highest BCUT2D eigenvalue weighted by atomic mass is 16.5. The van der Waals surface area contributed by atoms with Gasteiger partial charge in [-0.1, -0.05) is 5.92 Å². The van der Waals surface area contributed by atoms with Crippen molar-refractivity contribution in [2.45, 2.75) is 13.0 Å². The van der Waals surface area contributed by atoms with Gasteiger partial charge in [0.25, 0.3) is 0 Å². The van der Waals surface area contributed by atoms with Crippen LogP contribution in [0, 0.1) is 11.8 Å². The van der Waals surface area contributed by atoms with Crippen molar-refractivity contribution in [3.05, 3.63) is 23.8 Å². The molecule has 0 saturated carbocycles. The van der Waals surface area contributed by atoms with Gasteiger partial charge < -0.3 is 19.3 Å². The molecule has 0 heterocycles. The van der Waals surface area contributed by atoms with Crippen LogP contribution in [0.25, 0.3) is 0 Å². The van der Waals surface area contributed by atoms with Gasteiger partial charge >= 0.3 is 5.97 Å². The van der Waals surface area contributed by atoms with Crippen molar-refractivity contribution >= 4 is 5.97 Å². The van der Waals surface area contributed by atoms with Crippen LogP contribution in [0.5, 0.6) is 11.5 Å². The molecule has 1 atom stereocenters. The lowest BCUT2D eigenvalue weighted by Gasteiger charge is -2.09. The molecule has 0 aromatic heterocycles. The van der Waals surface area contributed by atoms with Gasteiger partial charge in [0.1, 0.15) is 17.6 Å². The molecule has 19 heavy (non-hydrogen) atoms. The Morgan fingerprint density at radius 3 is 2.32 bits per heavy atom. The predicted molar refractivity (Wildman–Crippen MR) is 68.9 cm³/mol. The third-order valence-corrected chi connectivity index (χ3v) is 2.28. The molecular weight excluding hydrogens is 248 g/mol. The molecule has 0 radical (unpaired) electrons. The molecule has 0 fully saturated rings. The molecule has 0 aliphatic rings. The Morgan fingerprint density at radius 1 is 1.26 bits per heavy atom. The van der Waals surface area contributed by atoms with Gasteiger partial charge in [0.15, 0.2) is 0 Å². The summed E-state index contributed by atoms with van der Waals surface area (Å²) in [5.41, 5.74) is 0.480. The maximum absolute atomic E-state index is 11.1. The third kappa shape index (κ3) is 4.53. The second kappa shape index (κ2) is 7.29. The Kier molecular flexibility index (Phi) is 5.71. The Hall–Kier alpha value is -2.19. The van der Waals surface area contributed by atoms with Gasteiger partial charge in [-0.15, -0.1) is 0 Å². The number of esters is 1. The van der Waals surface area contributed by atoms with Crippen molar-refractivity contribution in [1.29, 1.82) is 0 Å². The first-order valence-electron chi connectivity index (χ1n) is 5.70. The number of hydrogen-bond acceptors (Lipinski definition) is 5. The van der Waals surface area contributed by atoms with Gasteiger partial charge in [-0.2, -0.15) is 0 Å². The zero-order valence-corrected chi connectivity index (χ0v) is 11.1. The Balaban J connectivity index is 2.92. The van der Waals surface area contributed by atoms with E-state index in [4.69, 9.17) is 9.47 Å². The monoisotopic (exact) mass is 264 g/mol. The zero-order valence-electron chi connectivity index (χ0n) is 11.1. The quantitative estimate of drug-likeness (QED) is 0.504. The Labute approximate surface area is 112 Å². The van der Waals surface area contributed by atoms with Crippen LogP contribution in [0.2, 0.25) is 0 Å². The standard InChI is InChI=1S/C14H16O5/c1-4-19-14(16)6-5-13(15)10-7-11(17-2)9-12(8-10)18-3/h7-9,13,15H,4H2,1-3H3. The number of hydrogen-bond donors (Lipinski definition) is 1.